The van der Waals surface area contributed by atoms with Gasteiger partial charge in [0, 0.05) is 16.5 Å². The topological polar surface area (TPSA) is 24.9 Å². The molecular formula is C58H40N2O2. The third-order valence-corrected chi connectivity index (χ3v) is 13.6. The third-order valence-electron chi connectivity index (χ3n) is 13.6. The van der Waals surface area contributed by atoms with Crippen LogP contribution in [-0.4, -0.2) is 0 Å². The van der Waals surface area contributed by atoms with Crippen molar-refractivity contribution in [1.82, 2.24) is 0 Å². The van der Waals surface area contributed by atoms with E-state index in [1.54, 1.807) is 0 Å². The van der Waals surface area contributed by atoms with Gasteiger partial charge in [0.2, 0.25) is 0 Å². The monoisotopic (exact) mass is 796 g/mol. The van der Waals surface area contributed by atoms with Crippen LogP contribution in [0.5, 0.6) is 23.0 Å². The van der Waals surface area contributed by atoms with Gasteiger partial charge in [0.05, 0.1) is 28.4 Å². The molecular weight excluding hydrogens is 757 g/mol. The van der Waals surface area contributed by atoms with Gasteiger partial charge in [-0.3, -0.25) is 0 Å². The molecule has 0 bridgehead atoms. The van der Waals surface area contributed by atoms with Gasteiger partial charge in [-0.05, 0) is 148 Å². The average molecular weight is 797 g/mol. The van der Waals surface area contributed by atoms with Crippen molar-refractivity contribution in [2.24, 2.45) is 0 Å². The summed E-state index contributed by atoms with van der Waals surface area (Å²) < 4.78 is 12.8. The van der Waals surface area contributed by atoms with Gasteiger partial charge in [0.1, 0.15) is 0 Å². The van der Waals surface area contributed by atoms with E-state index in [1.807, 2.05) is 36.4 Å². The van der Waals surface area contributed by atoms with Crippen LogP contribution in [0.1, 0.15) is 40.3 Å². The minimum atomic E-state index is -0.189. The van der Waals surface area contributed by atoms with Crippen molar-refractivity contribution in [3.63, 3.8) is 0 Å². The molecule has 2 aliphatic carbocycles. The molecule has 0 unspecified atom stereocenters. The largest absolute Gasteiger partial charge is 0.453 e. The molecule has 0 amide bonds. The second kappa shape index (κ2) is 13.3. The van der Waals surface area contributed by atoms with Crippen molar-refractivity contribution in [1.29, 1.82) is 0 Å². The third kappa shape index (κ3) is 5.13. The van der Waals surface area contributed by atoms with Crippen LogP contribution >= 0.6 is 0 Å². The standard InChI is InChI=1S/C58H40N2O2/c1-37(32-39-27-31-49(46-17-5-4-16-43(39)46)60-52-20-8-12-24-56(52)62-57-25-13-9-21-53(57)60)38-26-29-44-45-30-28-42(59-50-18-6-10-22-54(50)61-55-23-11-7-19-51(55)59)34-48(45)58(47(44)33-38)35-40-14-2-3-15-41(40)36-58/h2-34H,35-36H2,1H3. The maximum Gasteiger partial charge on any atom is 0.151 e. The number of hydrogen-bond acceptors (Lipinski definition) is 4. The average Bonchev–Trinajstić information content (AvgIpc) is 3.84. The van der Waals surface area contributed by atoms with Crippen LogP contribution < -0.4 is 19.3 Å². The summed E-state index contributed by atoms with van der Waals surface area (Å²) in [4.78, 5) is 4.72. The van der Waals surface area contributed by atoms with Gasteiger partial charge in [0.15, 0.2) is 23.0 Å². The molecule has 0 radical (unpaired) electrons. The number of ether oxygens (including phenoxy) is 2. The van der Waals surface area contributed by atoms with Crippen LogP contribution in [0.2, 0.25) is 0 Å². The first kappa shape index (κ1) is 35.0. The normalized spacial score (nSPS) is 14.8. The second-order valence-corrected chi connectivity index (χ2v) is 17.0. The van der Waals surface area contributed by atoms with E-state index >= 15 is 0 Å². The van der Waals surface area contributed by atoms with Gasteiger partial charge >= 0.3 is 0 Å². The molecule has 62 heavy (non-hydrogen) atoms. The Hall–Kier alpha value is -7.82. The SMILES string of the molecule is CC(=Cc1ccc(N2c3ccccc3Oc3ccccc32)c2ccccc12)c1ccc2c(c1)C1(Cc3ccccc3C1)c1cc(N3c4ccccc4Oc4ccccc43)ccc1-2. The Morgan fingerprint density at radius 2 is 0.935 bits per heavy atom. The van der Waals surface area contributed by atoms with Gasteiger partial charge in [-0.2, -0.15) is 0 Å². The summed E-state index contributed by atoms with van der Waals surface area (Å²) in [6.07, 6.45) is 4.31. The molecule has 2 aliphatic heterocycles. The molecule has 9 aromatic rings. The number of nitrogens with zero attached hydrogens (tertiary/aromatic N) is 2. The number of anilines is 6. The van der Waals surface area contributed by atoms with Crippen molar-refractivity contribution >= 4 is 56.5 Å². The van der Waals surface area contributed by atoms with Crippen LogP contribution in [0.15, 0.2) is 194 Å². The summed E-state index contributed by atoms with van der Waals surface area (Å²) in [6.45, 7) is 2.27. The first-order chi connectivity index (χ1) is 30.6. The summed E-state index contributed by atoms with van der Waals surface area (Å²) in [6, 6.07) is 70.1. The van der Waals surface area contributed by atoms with E-state index in [0.29, 0.717) is 0 Å². The Bertz CT molecular complexity index is 3250. The molecule has 0 fully saturated rings. The molecule has 0 N–H and O–H groups in total. The molecule has 4 aliphatic rings. The molecule has 9 aromatic carbocycles. The minimum Gasteiger partial charge on any atom is -0.453 e. The van der Waals surface area contributed by atoms with E-state index in [0.717, 1.165) is 70.0 Å². The fourth-order valence-electron chi connectivity index (χ4n) is 10.8. The lowest BCUT2D eigenvalue weighted by Gasteiger charge is -2.34. The highest BCUT2D eigenvalue weighted by molar-refractivity contribution is 6.06. The van der Waals surface area contributed by atoms with Crippen molar-refractivity contribution in [2.45, 2.75) is 25.2 Å². The van der Waals surface area contributed by atoms with Crippen molar-refractivity contribution in [3.8, 4) is 34.1 Å². The number of rotatable bonds is 4. The van der Waals surface area contributed by atoms with Gasteiger partial charge in [0.25, 0.3) is 0 Å². The van der Waals surface area contributed by atoms with Crippen LogP contribution in [0.3, 0.4) is 0 Å². The zero-order valence-electron chi connectivity index (χ0n) is 34.2. The van der Waals surface area contributed by atoms with Gasteiger partial charge < -0.3 is 19.3 Å². The lowest BCUT2D eigenvalue weighted by molar-refractivity contribution is 0.477. The minimum absolute atomic E-state index is 0.189. The van der Waals surface area contributed by atoms with E-state index in [-0.39, 0.29) is 5.41 Å². The summed E-state index contributed by atoms with van der Waals surface area (Å²) >= 11 is 0. The van der Waals surface area contributed by atoms with Crippen LogP contribution in [-0.2, 0) is 18.3 Å². The Balaban J connectivity index is 0.925. The maximum absolute atomic E-state index is 6.42. The van der Waals surface area contributed by atoms with E-state index in [4.69, 9.17) is 9.47 Å². The van der Waals surface area contributed by atoms with Gasteiger partial charge in [-0.25, -0.2) is 0 Å². The molecule has 13 rings (SSSR count). The predicted molar refractivity (Wildman–Crippen MR) is 254 cm³/mol. The smallest absolute Gasteiger partial charge is 0.151 e. The number of hydrogen-bond donors (Lipinski definition) is 0. The quantitative estimate of drug-likeness (QED) is 0.166. The van der Waals surface area contributed by atoms with Crippen molar-refractivity contribution in [2.75, 3.05) is 9.80 Å². The van der Waals surface area contributed by atoms with E-state index < -0.39 is 0 Å². The van der Waals surface area contributed by atoms with Crippen molar-refractivity contribution in [3.05, 3.63) is 228 Å². The first-order valence-electron chi connectivity index (χ1n) is 21.5. The highest BCUT2D eigenvalue weighted by Gasteiger charge is 2.47. The molecule has 4 nitrogen and oxygen atoms in total. The zero-order valence-corrected chi connectivity index (χ0v) is 34.2. The number of fused-ring (bicyclic) bond motifs is 11. The highest BCUT2D eigenvalue weighted by atomic mass is 16.5. The molecule has 4 heteroatoms. The lowest BCUT2D eigenvalue weighted by Crippen LogP contribution is -2.26. The maximum atomic E-state index is 6.42. The van der Waals surface area contributed by atoms with Crippen LogP contribution in [0, 0.1) is 0 Å². The van der Waals surface area contributed by atoms with Gasteiger partial charge in [-0.15, -0.1) is 0 Å². The number of allylic oxidation sites excluding steroid dienone is 1. The Morgan fingerprint density at radius 3 is 1.53 bits per heavy atom. The summed E-state index contributed by atoms with van der Waals surface area (Å²) in [5.41, 5.74) is 18.3. The highest BCUT2D eigenvalue weighted by Crippen LogP contribution is 2.59. The predicted octanol–water partition coefficient (Wildman–Crippen LogP) is 15.6. The molecule has 2 heterocycles. The van der Waals surface area contributed by atoms with Crippen LogP contribution in [0.25, 0.3) is 33.5 Å². The fraction of sp³-hybridized carbons (Fsp3) is 0.0690. The van der Waals surface area contributed by atoms with E-state index in [1.165, 1.54) is 60.9 Å². The molecule has 0 saturated carbocycles. The lowest BCUT2D eigenvalue weighted by atomic mass is 9.75. The summed E-state index contributed by atoms with van der Waals surface area (Å²) in [5.74, 6) is 3.43. The molecule has 0 atom stereocenters. The van der Waals surface area contributed by atoms with E-state index in [2.05, 4.69) is 181 Å². The molecule has 0 aromatic heterocycles. The molecule has 0 saturated heterocycles. The summed E-state index contributed by atoms with van der Waals surface area (Å²) in [7, 11) is 0. The van der Waals surface area contributed by atoms with Crippen LogP contribution in [0.4, 0.5) is 34.1 Å². The number of para-hydroxylation sites is 8. The fourth-order valence-corrected chi connectivity index (χ4v) is 10.8. The zero-order chi connectivity index (χ0) is 40.9. The Labute approximate surface area is 361 Å². The Kier molecular flexibility index (Phi) is 7.53. The second-order valence-electron chi connectivity index (χ2n) is 17.0. The summed E-state index contributed by atoms with van der Waals surface area (Å²) in [5, 5.41) is 2.40. The number of benzene rings is 9. The molecule has 1 spiro atoms. The molecule has 294 valence electrons. The van der Waals surface area contributed by atoms with Gasteiger partial charge in [-0.1, -0.05) is 127 Å². The van der Waals surface area contributed by atoms with E-state index in [9.17, 15) is 0 Å². The first-order valence-corrected chi connectivity index (χ1v) is 21.5. The Morgan fingerprint density at radius 1 is 0.452 bits per heavy atom. The van der Waals surface area contributed by atoms with Crippen molar-refractivity contribution < 1.29 is 9.47 Å².